The van der Waals surface area contributed by atoms with Crippen LogP contribution in [0.2, 0.25) is 0 Å². The zero-order chi connectivity index (χ0) is 9.42. The van der Waals surface area contributed by atoms with Gasteiger partial charge in [0.25, 0.3) is 5.56 Å². The topological polar surface area (TPSA) is 47.5 Å². The predicted molar refractivity (Wildman–Crippen MR) is 52.8 cm³/mol. The van der Waals surface area contributed by atoms with Crippen molar-refractivity contribution in [1.82, 2.24) is 4.40 Å². The molecule has 2 aromatic heterocycles. The van der Waals surface area contributed by atoms with Gasteiger partial charge in [-0.05, 0) is 30.7 Å². The van der Waals surface area contributed by atoms with Crippen LogP contribution in [-0.4, -0.2) is 4.40 Å². The summed E-state index contributed by atoms with van der Waals surface area (Å²) in [6.45, 7) is 1.97. The molecule has 0 amide bonds. The van der Waals surface area contributed by atoms with Gasteiger partial charge in [0.1, 0.15) is 0 Å². The Kier molecular flexibility index (Phi) is 1.59. The van der Waals surface area contributed by atoms with E-state index in [2.05, 4.69) is 0 Å². The first-order valence-electron chi connectivity index (χ1n) is 4.06. The van der Waals surface area contributed by atoms with Crippen LogP contribution < -0.4 is 11.3 Å². The molecule has 0 aliphatic heterocycles. The molecular formula is C10H10N2O. The number of aromatic nitrogens is 1. The Morgan fingerprint density at radius 1 is 1.31 bits per heavy atom. The van der Waals surface area contributed by atoms with E-state index in [0.29, 0.717) is 5.69 Å². The highest BCUT2D eigenvalue weighted by Gasteiger charge is 1.98. The Labute approximate surface area is 75.4 Å². The number of anilines is 1. The van der Waals surface area contributed by atoms with Crippen LogP contribution in [0.4, 0.5) is 5.69 Å². The van der Waals surface area contributed by atoms with E-state index in [1.807, 2.05) is 19.1 Å². The van der Waals surface area contributed by atoms with Crippen molar-refractivity contribution in [2.45, 2.75) is 6.92 Å². The van der Waals surface area contributed by atoms with E-state index in [4.69, 9.17) is 5.73 Å². The minimum atomic E-state index is -0.0517. The second-order valence-corrected chi connectivity index (χ2v) is 3.09. The van der Waals surface area contributed by atoms with Crippen LogP contribution in [0.1, 0.15) is 5.56 Å². The van der Waals surface area contributed by atoms with Gasteiger partial charge in [-0.2, -0.15) is 0 Å². The molecule has 0 aliphatic carbocycles. The summed E-state index contributed by atoms with van der Waals surface area (Å²) in [7, 11) is 0. The van der Waals surface area contributed by atoms with Gasteiger partial charge in [0.15, 0.2) is 0 Å². The number of nitrogens with zero attached hydrogens (tertiary/aromatic N) is 1. The first-order chi connectivity index (χ1) is 6.18. The summed E-state index contributed by atoms with van der Waals surface area (Å²) in [4.78, 5) is 11.3. The molecule has 2 N–H and O–H groups in total. The maximum atomic E-state index is 11.3. The van der Waals surface area contributed by atoms with Crippen LogP contribution in [0.5, 0.6) is 0 Å². The van der Waals surface area contributed by atoms with Crippen LogP contribution in [0.15, 0.2) is 35.3 Å². The van der Waals surface area contributed by atoms with E-state index in [1.165, 1.54) is 6.07 Å². The number of aryl methyl sites for hydroxylation is 1. The number of rotatable bonds is 0. The van der Waals surface area contributed by atoms with E-state index in [-0.39, 0.29) is 5.56 Å². The SMILES string of the molecule is Cc1ccn2c(=O)ccc(N)c2c1. The summed E-state index contributed by atoms with van der Waals surface area (Å²) in [5, 5.41) is 0. The average Bonchev–Trinajstić information content (AvgIpc) is 2.12. The molecule has 3 nitrogen and oxygen atoms in total. The lowest BCUT2D eigenvalue weighted by atomic mass is 10.2. The van der Waals surface area contributed by atoms with Gasteiger partial charge in [0.2, 0.25) is 0 Å². The first-order valence-corrected chi connectivity index (χ1v) is 4.06. The second-order valence-electron chi connectivity index (χ2n) is 3.09. The molecule has 3 heteroatoms. The van der Waals surface area contributed by atoms with Gasteiger partial charge in [-0.15, -0.1) is 0 Å². The first kappa shape index (κ1) is 7.86. The zero-order valence-corrected chi connectivity index (χ0v) is 7.32. The Morgan fingerprint density at radius 3 is 2.85 bits per heavy atom. The third kappa shape index (κ3) is 1.18. The van der Waals surface area contributed by atoms with Gasteiger partial charge in [0.05, 0.1) is 11.2 Å². The molecule has 0 bridgehead atoms. The molecule has 0 aromatic carbocycles. The van der Waals surface area contributed by atoms with Gasteiger partial charge < -0.3 is 5.73 Å². The summed E-state index contributed by atoms with van der Waals surface area (Å²) in [5.41, 5.74) is 8.18. The van der Waals surface area contributed by atoms with Crippen molar-refractivity contribution in [2.24, 2.45) is 0 Å². The molecule has 13 heavy (non-hydrogen) atoms. The lowest BCUT2D eigenvalue weighted by molar-refractivity contribution is 1.09. The van der Waals surface area contributed by atoms with Crippen molar-refractivity contribution < 1.29 is 0 Å². The maximum Gasteiger partial charge on any atom is 0.255 e. The lowest BCUT2D eigenvalue weighted by Crippen LogP contribution is -2.12. The number of pyridine rings is 2. The van der Waals surface area contributed by atoms with Crippen molar-refractivity contribution in [3.8, 4) is 0 Å². The number of nitrogen functional groups attached to an aromatic ring is 1. The van der Waals surface area contributed by atoms with Crippen LogP contribution >= 0.6 is 0 Å². The van der Waals surface area contributed by atoms with E-state index >= 15 is 0 Å². The average molecular weight is 174 g/mol. The third-order valence-corrected chi connectivity index (χ3v) is 2.05. The summed E-state index contributed by atoms with van der Waals surface area (Å²) in [5.74, 6) is 0. The predicted octanol–water partition coefficient (Wildman–Crippen LogP) is 1.19. The van der Waals surface area contributed by atoms with Gasteiger partial charge in [-0.25, -0.2) is 0 Å². The van der Waals surface area contributed by atoms with Crippen LogP contribution in [0.3, 0.4) is 0 Å². The Morgan fingerprint density at radius 2 is 2.08 bits per heavy atom. The van der Waals surface area contributed by atoms with E-state index in [9.17, 15) is 4.79 Å². The standard InChI is InChI=1S/C10H10N2O/c1-7-4-5-12-9(6-7)8(11)2-3-10(12)13/h2-6H,11H2,1H3. The summed E-state index contributed by atoms with van der Waals surface area (Å²) < 4.78 is 1.54. The second kappa shape index (κ2) is 2.62. The third-order valence-electron chi connectivity index (χ3n) is 2.05. The molecule has 2 heterocycles. The van der Waals surface area contributed by atoms with Gasteiger partial charge in [-0.3, -0.25) is 9.20 Å². The highest BCUT2D eigenvalue weighted by Crippen LogP contribution is 2.11. The smallest absolute Gasteiger partial charge is 0.255 e. The van der Waals surface area contributed by atoms with E-state index in [0.717, 1.165) is 11.1 Å². The van der Waals surface area contributed by atoms with Crippen LogP contribution in [-0.2, 0) is 0 Å². The molecule has 0 atom stereocenters. The molecule has 0 radical (unpaired) electrons. The van der Waals surface area contributed by atoms with E-state index in [1.54, 1.807) is 16.7 Å². The molecule has 2 rings (SSSR count). The summed E-state index contributed by atoms with van der Waals surface area (Å²) in [6, 6.07) is 6.89. The number of hydrogen-bond donors (Lipinski definition) is 1. The van der Waals surface area contributed by atoms with Crippen molar-refractivity contribution in [3.63, 3.8) is 0 Å². The van der Waals surface area contributed by atoms with E-state index < -0.39 is 0 Å². The number of fused-ring (bicyclic) bond motifs is 1. The van der Waals surface area contributed by atoms with Crippen molar-refractivity contribution in [2.75, 3.05) is 5.73 Å². The molecular weight excluding hydrogens is 164 g/mol. The fourth-order valence-electron chi connectivity index (χ4n) is 1.35. The largest absolute Gasteiger partial charge is 0.397 e. The molecule has 0 saturated heterocycles. The van der Waals surface area contributed by atoms with Gasteiger partial charge in [0, 0.05) is 12.3 Å². The fourth-order valence-corrected chi connectivity index (χ4v) is 1.35. The minimum absolute atomic E-state index is 0.0517. The zero-order valence-electron chi connectivity index (χ0n) is 7.32. The summed E-state index contributed by atoms with van der Waals surface area (Å²) in [6.07, 6.45) is 1.74. The Bertz CT molecular complexity index is 514. The van der Waals surface area contributed by atoms with Crippen molar-refractivity contribution in [3.05, 3.63) is 46.4 Å². The summed E-state index contributed by atoms with van der Waals surface area (Å²) >= 11 is 0. The quantitative estimate of drug-likeness (QED) is 0.652. The lowest BCUT2D eigenvalue weighted by Gasteiger charge is -2.03. The number of hydrogen-bond acceptors (Lipinski definition) is 2. The molecule has 0 aliphatic rings. The van der Waals surface area contributed by atoms with Crippen molar-refractivity contribution >= 4 is 11.2 Å². The fraction of sp³-hybridized carbons (Fsp3) is 0.100. The van der Waals surface area contributed by atoms with Crippen LogP contribution in [0, 0.1) is 6.92 Å². The molecule has 66 valence electrons. The molecule has 0 unspecified atom stereocenters. The van der Waals surface area contributed by atoms with Crippen LogP contribution in [0.25, 0.3) is 5.52 Å². The molecule has 0 fully saturated rings. The Hall–Kier alpha value is -1.77. The van der Waals surface area contributed by atoms with Crippen molar-refractivity contribution in [1.29, 1.82) is 0 Å². The minimum Gasteiger partial charge on any atom is -0.397 e. The maximum absolute atomic E-state index is 11.3. The monoisotopic (exact) mass is 174 g/mol. The van der Waals surface area contributed by atoms with Gasteiger partial charge in [-0.1, -0.05) is 0 Å². The molecule has 2 aromatic rings. The highest BCUT2D eigenvalue weighted by molar-refractivity contribution is 5.69. The normalized spacial score (nSPS) is 10.5. The molecule has 0 spiro atoms. The Balaban J connectivity index is 3.01. The number of nitrogens with two attached hydrogens (primary N) is 1. The highest BCUT2D eigenvalue weighted by atomic mass is 16.1. The molecule has 0 saturated carbocycles. The van der Waals surface area contributed by atoms with Gasteiger partial charge >= 0.3 is 0 Å².